The number of benzene rings is 1. The zero-order valence-electron chi connectivity index (χ0n) is 7.59. The third-order valence-corrected chi connectivity index (χ3v) is 2.53. The van der Waals surface area contributed by atoms with Gasteiger partial charge in [-0.05, 0) is 37.5 Å². The highest BCUT2D eigenvalue weighted by molar-refractivity contribution is 6.33. The van der Waals surface area contributed by atoms with Gasteiger partial charge in [0, 0.05) is 5.92 Å². The fraction of sp³-hybridized carbons (Fsp3) is 0.273. The molecule has 1 aromatic carbocycles. The number of hydrogen-bond acceptors (Lipinski definition) is 1. The lowest BCUT2D eigenvalue weighted by molar-refractivity contribution is -0.117. The molecule has 2 rings (SSSR count). The fourth-order valence-corrected chi connectivity index (χ4v) is 1.38. The van der Waals surface area contributed by atoms with Crippen molar-refractivity contribution in [2.45, 2.75) is 12.8 Å². The molecule has 1 aliphatic rings. The third kappa shape index (κ3) is 2.07. The fourth-order valence-electron chi connectivity index (χ4n) is 1.22. The minimum absolute atomic E-state index is 0.0394. The molecule has 1 saturated carbocycles. The zero-order valence-corrected chi connectivity index (χ0v) is 8.34. The molecule has 0 heterocycles. The molecule has 1 fully saturated rings. The standard InChI is InChI=1S/C11H10ClNO/c1-7-2-5-9(12)10(6-7)13-11(14)8-3-4-8/h1-2,5-6,8H,3-4H2,(H,13,14). The Hall–Kier alpha value is -1.02. The number of hydrogen-bond donors (Lipinski definition) is 1. The Kier molecular flexibility index (Phi) is 2.46. The van der Waals surface area contributed by atoms with Crippen LogP contribution in [-0.2, 0) is 4.79 Å². The first-order valence-corrected chi connectivity index (χ1v) is 4.90. The van der Waals surface area contributed by atoms with Crippen molar-refractivity contribution in [1.29, 1.82) is 0 Å². The molecule has 0 spiro atoms. The van der Waals surface area contributed by atoms with Crippen LogP contribution in [0.2, 0.25) is 5.02 Å². The van der Waals surface area contributed by atoms with E-state index >= 15 is 0 Å². The largest absolute Gasteiger partial charge is 0.325 e. The third-order valence-electron chi connectivity index (χ3n) is 2.20. The maximum atomic E-state index is 11.4. The van der Waals surface area contributed by atoms with E-state index in [1.54, 1.807) is 18.2 Å². The summed E-state index contributed by atoms with van der Waals surface area (Å²) >= 11 is 5.90. The lowest BCUT2D eigenvalue weighted by Crippen LogP contribution is -2.13. The topological polar surface area (TPSA) is 29.1 Å². The van der Waals surface area contributed by atoms with E-state index < -0.39 is 0 Å². The van der Waals surface area contributed by atoms with Crippen molar-refractivity contribution in [3.63, 3.8) is 0 Å². The van der Waals surface area contributed by atoms with E-state index in [4.69, 9.17) is 18.5 Å². The van der Waals surface area contributed by atoms with Crippen molar-refractivity contribution in [3.05, 3.63) is 35.7 Å². The van der Waals surface area contributed by atoms with Crippen LogP contribution in [0.15, 0.2) is 18.2 Å². The molecule has 0 unspecified atom stereocenters. The molecule has 1 aliphatic carbocycles. The monoisotopic (exact) mass is 207 g/mol. The van der Waals surface area contributed by atoms with Crippen molar-refractivity contribution < 1.29 is 4.79 Å². The summed E-state index contributed by atoms with van der Waals surface area (Å²) in [7, 11) is 0. The molecular formula is C11H10ClNO. The second-order valence-electron chi connectivity index (χ2n) is 3.50. The van der Waals surface area contributed by atoms with E-state index in [1.165, 1.54) is 0 Å². The van der Waals surface area contributed by atoms with Gasteiger partial charge in [0.05, 0.1) is 10.7 Å². The van der Waals surface area contributed by atoms with Gasteiger partial charge in [0.2, 0.25) is 5.91 Å². The lowest BCUT2D eigenvalue weighted by Gasteiger charge is -2.06. The molecule has 14 heavy (non-hydrogen) atoms. The highest BCUT2D eigenvalue weighted by atomic mass is 35.5. The Labute approximate surface area is 88.3 Å². The molecular weight excluding hydrogens is 198 g/mol. The van der Waals surface area contributed by atoms with E-state index in [-0.39, 0.29) is 11.8 Å². The first-order valence-electron chi connectivity index (χ1n) is 4.52. The summed E-state index contributed by atoms with van der Waals surface area (Å²) in [6, 6.07) is 5.05. The molecule has 0 atom stereocenters. The van der Waals surface area contributed by atoms with Gasteiger partial charge in [-0.2, -0.15) is 0 Å². The van der Waals surface area contributed by atoms with Crippen LogP contribution in [-0.4, -0.2) is 5.91 Å². The van der Waals surface area contributed by atoms with Crippen LogP contribution in [0.3, 0.4) is 0 Å². The summed E-state index contributed by atoms with van der Waals surface area (Å²) in [5, 5.41) is 3.28. The van der Waals surface area contributed by atoms with Crippen molar-refractivity contribution in [2.24, 2.45) is 5.92 Å². The number of halogens is 1. The van der Waals surface area contributed by atoms with Gasteiger partial charge >= 0.3 is 0 Å². The first kappa shape index (κ1) is 9.53. The molecule has 0 aromatic heterocycles. The lowest BCUT2D eigenvalue weighted by atomic mass is 10.2. The number of nitrogens with one attached hydrogen (secondary N) is 1. The van der Waals surface area contributed by atoms with Gasteiger partial charge in [-0.3, -0.25) is 4.79 Å². The van der Waals surface area contributed by atoms with E-state index in [9.17, 15) is 4.79 Å². The minimum Gasteiger partial charge on any atom is -0.325 e. The smallest absolute Gasteiger partial charge is 0.227 e. The molecule has 0 bridgehead atoms. The Bertz CT molecular complexity index is 372. The van der Waals surface area contributed by atoms with Crippen molar-refractivity contribution >= 4 is 23.2 Å². The van der Waals surface area contributed by atoms with Gasteiger partial charge in [0.25, 0.3) is 0 Å². The van der Waals surface area contributed by atoms with E-state index in [1.807, 2.05) is 0 Å². The predicted octanol–water partition coefficient (Wildman–Crippen LogP) is 2.75. The van der Waals surface area contributed by atoms with E-state index in [0.29, 0.717) is 16.3 Å². The molecule has 1 aromatic rings. The van der Waals surface area contributed by atoms with Gasteiger partial charge in [-0.1, -0.05) is 17.7 Å². The number of rotatable bonds is 2. The molecule has 3 heteroatoms. The van der Waals surface area contributed by atoms with Crippen molar-refractivity contribution in [1.82, 2.24) is 0 Å². The Balaban J connectivity index is 2.14. The van der Waals surface area contributed by atoms with Gasteiger partial charge < -0.3 is 5.32 Å². The molecule has 2 nitrogen and oxygen atoms in total. The van der Waals surface area contributed by atoms with E-state index in [2.05, 4.69) is 5.32 Å². The average molecular weight is 208 g/mol. The van der Waals surface area contributed by atoms with Gasteiger partial charge in [-0.25, -0.2) is 0 Å². The highest BCUT2D eigenvalue weighted by Gasteiger charge is 2.29. The summed E-state index contributed by atoms with van der Waals surface area (Å²) < 4.78 is 0. The summed E-state index contributed by atoms with van der Waals surface area (Å²) in [5.41, 5.74) is 1.20. The molecule has 0 saturated heterocycles. The van der Waals surface area contributed by atoms with Crippen molar-refractivity contribution in [3.8, 4) is 0 Å². The summed E-state index contributed by atoms with van der Waals surface area (Å²) in [4.78, 5) is 11.4. The second kappa shape index (κ2) is 3.62. The van der Waals surface area contributed by atoms with Gasteiger partial charge in [0.1, 0.15) is 0 Å². The van der Waals surface area contributed by atoms with Crippen LogP contribution < -0.4 is 5.32 Å². The summed E-state index contributed by atoms with van der Waals surface area (Å²) in [6.45, 7) is 5.58. The van der Waals surface area contributed by atoms with Crippen molar-refractivity contribution in [2.75, 3.05) is 5.32 Å². The van der Waals surface area contributed by atoms with Crippen LogP contribution in [0.4, 0.5) is 5.69 Å². The molecule has 0 aliphatic heterocycles. The number of carbonyl (C=O) groups is 1. The zero-order chi connectivity index (χ0) is 10.1. The molecule has 1 N–H and O–H groups in total. The molecule has 2 radical (unpaired) electrons. The Morgan fingerprint density at radius 1 is 1.50 bits per heavy atom. The maximum Gasteiger partial charge on any atom is 0.227 e. The summed E-state index contributed by atoms with van der Waals surface area (Å²) in [5.74, 6) is 0.213. The number of amides is 1. The van der Waals surface area contributed by atoms with Gasteiger partial charge in [0.15, 0.2) is 0 Å². The van der Waals surface area contributed by atoms with Crippen LogP contribution in [0.1, 0.15) is 18.4 Å². The van der Waals surface area contributed by atoms with Crippen LogP contribution in [0.25, 0.3) is 0 Å². The van der Waals surface area contributed by atoms with Gasteiger partial charge in [-0.15, -0.1) is 0 Å². The van der Waals surface area contributed by atoms with E-state index in [0.717, 1.165) is 12.8 Å². The average Bonchev–Trinajstić information content (AvgIpc) is 2.94. The highest BCUT2D eigenvalue weighted by Crippen LogP contribution is 2.31. The van der Waals surface area contributed by atoms with Crippen LogP contribution >= 0.6 is 11.6 Å². The summed E-state index contributed by atoms with van der Waals surface area (Å²) in [6.07, 6.45) is 1.96. The maximum absolute atomic E-state index is 11.4. The predicted molar refractivity (Wildman–Crippen MR) is 56.2 cm³/mol. The SMILES string of the molecule is [CH]c1ccc(Cl)c(NC(=O)C2CC2)c1. The van der Waals surface area contributed by atoms with Crippen LogP contribution in [0.5, 0.6) is 0 Å². The molecule has 1 amide bonds. The second-order valence-corrected chi connectivity index (χ2v) is 3.91. The number of carbonyl (C=O) groups excluding carboxylic acids is 1. The Morgan fingerprint density at radius 3 is 2.86 bits per heavy atom. The number of anilines is 1. The first-order chi connectivity index (χ1) is 6.66. The quantitative estimate of drug-likeness (QED) is 0.794. The van der Waals surface area contributed by atoms with Crippen LogP contribution in [0, 0.1) is 12.8 Å². The Morgan fingerprint density at radius 2 is 2.21 bits per heavy atom. The minimum atomic E-state index is 0.0394. The normalized spacial score (nSPS) is 15.3. The molecule has 72 valence electrons.